The molecule has 0 spiro atoms. The Kier molecular flexibility index (Phi) is 3.87. The highest BCUT2D eigenvalue weighted by Gasteiger charge is 2.15. The molecule has 0 atom stereocenters. The lowest BCUT2D eigenvalue weighted by Crippen LogP contribution is -2.04. The van der Waals surface area contributed by atoms with Crippen LogP contribution < -0.4 is 0 Å². The molecule has 0 aliphatic rings. The zero-order valence-corrected chi connectivity index (χ0v) is 12.9. The van der Waals surface area contributed by atoms with E-state index in [1.54, 1.807) is 18.2 Å². The lowest BCUT2D eigenvalue weighted by molar-refractivity contribution is 0.616. The Morgan fingerprint density at radius 1 is 1.19 bits per heavy atom. The second-order valence-corrected chi connectivity index (χ2v) is 5.70. The summed E-state index contributed by atoms with van der Waals surface area (Å²) in [6.45, 7) is 1.93. The number of fused-ring (bicyclic) bond motifs is 1. The largest absolute Gasteiger partial charge is 0.293 e. The monoisotopic (exact) mass is 322 g/mol. The fourth-order valence-corrected chi connectivity index (χ4v) is 2.75. The van der Waals surface area contributed by atoms with Crippen LogP contribution in [0.25, 0.3) is 16.7 Å². The second-order valence-electron chi connectivity index (χ2n) is 4.89. The van der Waals surface area contributed by atoms with E-state index in [1.165, 1.54) is 6.07 Å². The van der Waals surface area contributed by atoms with Crippen LogP contribution in [0.5, 0.6) is 0 Å². The van der Waals surface area contributed by atoms with Gasteiger partial charge in [0.15, 0.2) is 0 Å². The van der Waals surface area contributed by atoms with Gasteiger partial charge in [-0.05, 0) is 42.8 Å². The lowest BCUT2D eigenvalue weighted by Gasteiger charge is -2.10. The summed E-state index contributed by atoms with van der Waals surface area (Å²) in [5.41, 5.74) is 3.03. The fourth-order valence-electron chi connectivity index (χ4n) is 2.42. The summed E-state index contributed by atoms with van der Waals surface area (Å²) >= 11 is 11.9. The number of rotatable bonds is 3. The van der Waals surface area contributed by atoms with Gasteiger partial charge in [-0.2, -0.15) is 0 Å². The molecule has 0 bridgehead atoms. The molecule has 3 rings (SSSR count). The number of nitrogens with zero attached hydrogens (tertiary/aromatic N) is 2. The summed E-state index contributed by atoms with van der Waals surface area (Å²) < 4.78 is 16.1. The highest BCUT2D eigenvalue weighted by molar-refractivity contribution is 6.31. The molecule has 2 aromatic carbocycles. The Hall–Kier alpha value is -1.58. The van der Waals surface area contributed by atoms with E-state index >= 15 is 0 Å². The Bertz CT molecular complexity index is 811. The third-order valence-electron chi connectivity index (χ3n) is 3.35. The number of alkyl halides is 1. The van der Waals surface area contributed by atoms with Gasteiger partial charge in [-0.1, -0.05) is 17.7 Å². The Morgan fingerprint density at radius 3 is 2.76 bits per heavy atom. The highest BCUT2D eigenvalue weighted by Crippen LogP contribution is 2.26. The van der Waals surface area contributed by atoms with E-state index in [2.05, 4.69) is 4.98 Å². The third kappa shape index (κ3) is 2.63. The van der Waals surface area contributed by atoms with Crippen LogP contribution in [0.15, 0.2) is 36.4 Å². The van der Waals surface area contributed by atoms with Gasteiger partial charge in [-0.25, -0.2) is 9.37 Å². The topological polar surface area (TPSA) is 17.8 Å². The summed E-state index contributed by atoms with van der Waals surface area (Å²) in [6, 6.07) is 10.4. The van der Waals surface area contributed by atoms with Crippen molar-refractivity contribution in [1.29, 1.82) is 0 Å². The molecule has 0 fully saturated rings. The molecule has 1 aromatic heterocycles. The molecule has 3 aromatic rings. The predicted molar refractivity (Wildman–Crippen MR) is 85.2 cm³/mol. The average Bonchev–Trinajstić information content (AvgIpc) is 2.79. The maximum Gasteiger partial charge on any atom is 0.147 e. The van der Waals surface area contributed by atoms with Gasteiger partial charge in [0.1, 0.15) is 11.6 Å². The van der Waals surface area contributed by atoms with Gasteiger partial charge >= 0.3 is 0 Å². The van der Waals surface area contributed by atoms with Crippen molar-refractivity contribution >= 4 is 34.2 Å². The highest BCUT2D eigenvalue weighted by atomic mass is 35.5. The summed E-state index contributed by atoms with van der Waals surface area (Å²) in [5, 5.41) is 0.606. The number of halogens is 3. The van der Waals surface area contributed by atoms with Crippen molar-refractivity contribution in [1.82, 2.24) is 9.55 Å². The second kappa shape index (κ2) is 5.66. The van der Waals surface area contributed by atoms with E-state index in [0.29, 0.717) is 23.0 Å². The van der Waals surface area contributed by atoms with Crippen molar-refractivity contribution in [3.05, 3.63) is 58.6 Å². The number of aromatic nitrogens is 2. The van der Waals surface area contributed by atoms with Gasteiger partial charge in [0, 0.05) is 17.3 Å². The fraction of sp³-hybridized carbons (Fsp3) is 0.188. The minimum atomic E-state index is -0.286. The summed E-state index contributed by atoms with van der Waals surface area (Å²) in [7, 11) is 0. The Balaban J connectivity index is 2.33. The van der Waals surface area contributed by atoms with Gasteiger partial charge in [-0.15, -0.1) is 11.6 Å². The van der Waals surface area contributed by atoms with Crippen LogP contribution in [0.4, 0.5) is 4.39 Å². The molecule has 0 N–H and O–H groups in total. The van der Waals surface area contributed by atoms with E-state index in [0.717, 1.165) is 22.4 Å². The molecule has 0 radical (unpaired) electrons. The van der Waals surface area contributed by atoms with Crippen LogP contribution in [0.1, 0.15) is 11.4 Å². The number of imidazole rings is 1. The van der Waals surface area contributed by atoms with Crippen LogP contribution >= 0.6 is 23.2 Å². The molecule has 0 unspecified atom stereocenters. The Labute approximate surface area is 132 Å². The minimum absolute atomic E-state index is 0.286. The molecule has 0 saturated heterocycles. The summed E-state index contributed by atoms with van der Waals surface area (Å²) in [4.78, 5) is 4.54. The molecule has 2 nitrogen and oxygen atoms in total. The van der Waals surface area contributed by atoms with Crippen LogP contribution in [0.2, 0.25) is 5.02 Å². The first kappa shape index (κ1) is 14.4. The van der Waals surface area contributed by atoms with Crippen molar-refractivity contribution in [3.8, 4) is 5.69 Å². The van der Waals surface area contributed by atoms with Gasteiger partial charge < -0.3 is 0 Å². The molecular formula is C16H13Cl2FN2. The molecule has 0 aliphatic heterocycles. The number of benzene rings is 2. The molecular weight excluding hydrogens is 310 g/mol. The van der Waals surface area contributed by atoms with Crippen LogP contribution in [0, 0.1) is 12.7 Å². The third-order valence-corrected chi connectivity index (χ3v) is 3.77. The number of aryl methyl sites for hydroxylation is 2. The zero-order chi connectivity index (χ0) is 15.0. The Morgan fingerprint density at radius 2 is 2.00 bits per heavy atom. The average molecular weight is 323 g/mol. The smallest absolute Gasteiger partial charge is 0.147 e. The first-order chi connectivity index (χ1) is 10.1. The van der Waals surface area contributed by atoms with Gasteiger partial charge in [0.2, 0.25) is 0 Å². The van der Waals surface area contributed by atoms with Crippen molar-refractivity contribution < 1.29 is 4.39 Å². The molecule has 0 aliphatic carbocycles. The first-order valence-corrected chi connectivity index (χ1v) is 7.51. The SMILES string of the molecule is Cc1ccc(F)c(-n2c(CCCl)nc3cc(Cl)ccc32)c1. The van der Waals surface area contributed by atoms with Crippen molar-refractivity contribution in [2.45, 2.75) is 13.3 Å². The van der Waals surface area contributed by atoms with Gasteiger partial charge in [0.25, 0.3) is 0 Å². The van der Waals surface area contributed by atoms with Crippen LogP contribution in [-0.2, 0) is 6.42 Å². The minimum Gasteiger partial charge on any atom is -0.293 e. The molecule has 21 heavy (non-hydrogen) atoms. The van der Waals surface area contributed by atoms with Crippen molar-refractivity contribution in [2.24, 2.45) is 0 Å². The predicted octanol–water partition coefficient (Wildman–Crippen LogP) is 4.91. The molecule has 0 amide bonds. The van der Waals surface area contributed by atoms with E-state index < -0.39 is 0 Å². The normalized spacial score (nSPS) is 11.2. The standard InChI is InChI=1S/C16H13Cl2FN2/c1-10-2-4-12(19)15(8-10)21-14-5-3-11(18)9-13(14)20-16(21)6-7-17/h2-5,8-9H,6-7H2,1H3. The van der Waals surface area contributed by atoms with E-state index in [-0.39, 0.29) is 5.82 Å². The van der Waals surface area contributed by atoms with E-state index in [4.69, 9.17) is 23.2 Å². The quantitative estimate of drug-likeness (QED) is 0.626. The van der Waals surface area contributed by atoms with E-state index in [9.17, 15) is 4.39 Å². The van der Waals surface area contributed by atoms with Gasteiger partial charge in [-0.3, -0.25) is 4.57 Å². The van der Waals surface area contributed by atoms with Crippen LogP contribution in [-0.4, -0.2) is 15.4 Å². The molecule has 1 heterocycles. The molecule has 108 valence electrons. The van der Waals surface area contributed by atoms with E-state index in [1.807, 2.05) is 23.6 Å². The van der Waals surface area contributed by atoms with Crippen molar-refractivity contribution in [2.75, 3.05) is 5.88 Å². The molecule has 0 saturated carbocycles. The lowest BCUT2D eigenvalue weighted by atomic mass is 10.2. The molecule has 5 heteroatoms. The van der Waals surface area contributed by atoms with Crippen LogP contribution in [0.3, 0.4) is 0 Å². The summed E-state index contributed by atoms with van der Waals surface area (Å²) in [6.07, 6.45) is 0.557. The maximum absolute atomic E-state index is 14.3. The van der Waals surface area contributed by atoms with Gasteiger partial charge in [0.05, 0.1) is 16.7 Å². The number of hydrogen-bond acceptors (Lipinski definition) is 1. The first-order valence-electron chi connectivity index (χ1n) is 6.59. The maximum atomic E-state index is 14.3. The zero-order valence-electron chi connectivity index (χ0n) is 11.4. The summed E-state index contributed by atoms with van der Waals surface area (Å²) in [5.74, 6) is 0.863. The number of hydrogen-bond donors (Lipinski definition) is 0. The van der Waals surface area contributed by atoms with Crippen molar-refractivity contribution in [3.63, 3.8) is 0 Å².